The zero-order valence-corrected chi connectivity index (χ0v) is 19.6. The van der Waals surface area contributed by atoms with Crippen molar-refractivity contribution in [3.05, 3.63) is 102 Å². The number of hydrogen-bond donors (Lipinski definition) is 2. The van der Waals surface area contributed by atoms with Crippen LogP contribution in [0.2, 0.25) is 0 Å². The third-order valence-electron chi connectivity index (χ3n) is 5.72. The second-order valence-corrected chi connectivity index (χ2v) is 8.30. The van der Waals surface area contributed by atoms with E-state index in [9.17, 15) is 14.0 Å². The molecule has 0 saturated carbocycles. The van der Waals surface area contributed by atoms with Crippen molar-refractivity contribution in [1.29, 1.82) is 0 Å². The van der Waals surface area contributed by atoms with Crippen molar-refractivity contribution >= 4 is 28.4 Å². The van der Waals surface area contributed by atoms with Gasteiger partial charge in [0.1, 0.15) is 11.5 Å². The fourth-order valence-electron chi connectivity index (χ4n) is 4.01. The van der Waals surface area contributed by atoms with E-state index >= 15 is 0 Å². The number of ether oxygens (including phenoxy) is 1. The molecule has 0 unspecified atom stereocenters. The number of methoxy groups -OCH3 is 1. The van der Waals surface area contributed by atoms with Crippen LogP contribution in [0, 0.1) is 5.82 Å². The molecule has 1 aromatic heterocycles. The maximum Gasteiger partial charge on any atom is 0.268 e. The van der Waals surface area contributed by atoms with Crippen LogP contribution < -0.4 is 10.6 Å². The first kappa shape index (κ1) is 24.2. The Labute approximate surface area is 203 Å². The molecule has 0 aliphatic rings. The van der Waals surface area contributed by atoms with Gasteiger partial charge < -0.3 is 19.9 Å². The molecule has 0 fully saturated rings. The number of halogens is 1. The fraction of sp³-hybridized carbons (Fsp3) is 0.214. The molecule has 0 atom stereocenters. The second-order valence-electron chi connectivity index (χ2n) is 8.30. The minimum absolute atomic E-state index is 0.0788. The van der Waals surface area contributed by atoms with E-state index in [2.05, 4.69) is 10.6 Å². The molecule has 6 nitrogen and oxygen atoms in total. The van der Waals surface area contributed by atoms with Crippen LogP contribution in [0.25, 0.3) is 10.9 Å². The van der Waals surface area contributed by atoms with Crippen molar-refractivity contribution in [3.63, 3.8) is 0 Å². The number of rotatable bonds is 10. The monoisotopic (exact) mass is 473 g/mol. The number of anilines is 1. The third kappa shape index (κ3) is 6.33. The first-order valence-electron chi connectivity index (χ1n) is 11.5. The number of carbonyl (C=O) groups is 2. The number of hydrogen-bond acceptors (Lipinski definition) is 3. The lowest BCUT2D eigenvalue weighted by molar-refractivity contribution is -0.116. The average molecular weight is 474 g/mol. The summed E-state index contributed by atoms with van der Waals surface area (Å²) in [7, 11) is 1.57. The Kier molecular flexibility index (Phi) is 7.90. The Morgan fingerprint density at radius 3 is 2.51 bits per heavy atom. The van der Waals surface area contributed by atoms with Gasteiger partial charge >= 0.3 is 0 Å². The van der Waals surface area contributed by atoms with Crippen molar-refractivity contribution in [2.45, 2.75) is 19.4 Å². The molecule has 0 bridgehead atoms. The predicted octanol–water partition coefficient (Wildman–Crippen LogP) is 4.78. The van der Waals surface area contributed by atoms with Crippen LogP contribution >= 0.6 is 0 Å². The molecule has 2 N–H and O–H groups in total. The summed E-state index contributed by atoms with van der Waals surface area (Å²) < 4.78 is 20.7. The SMILES string of the molecule is COCCNC(=O)c1cc2cc(NC(=O)CCc3ccccc3)ccc2n1Cc1cccc(F)c1. The van der Waals surface area contributed by atoms with Crippen LogP contribution in [0.3, 0.4) is 0 Å². The zero-order chi connectivity index (χ0) is 24.6. The molecule has 180 valence electrons. The standard InChI is InChI=1S/C28H28FN3O3/c1-35-15-14-30-28(34)26-18-22-17-24(31-27(33)13-10-20-6-3-2-4-7-20)11-12-25(22)32(26)19-21-8-5-9-23(29)16-21/h2-9,11-12,16-18H,10,13-15,19H2,1H3,(H,30,34)(H,31,33). The molecule has 35 heavy (non-hydrogen) atoms. The highest BCUT2D eigenvalue weighted by atomic mass is 19.1. The summed E-state index contributed by atoms with van der Waals surface area (Å²) in [6.07, 6.45) is 1.03. The molecule has 7 heteroatoms. The minimum Gasteiger partial charge on any atom is -0.383 e. The Balaban J connectivity index is 1.56. The number of fused-ring (bicyclic) bond motifs is 1. The molecule has 3 aromatic carbocycles. The highest BCUT2D eigenvalue weighted by Gasteiger charge is 2.17. The van der Waals surface area contributed by atoms with Crippen molar-refractivity contribution in [3.8, 4) is 0 Å². The second kappa shape index (κ2) is 11.4. The number of nitrogens with one attached hydrogen (secondary N) is 2. The minimum atomic E-state index is -0.328. The van der Waals surface area contributed by atoms with Crippen molar-refractivity contribution in [2.75, 3.05) is 25.6 Å². The van der Waals surface area contributed by atoms with Crippen LogP contribution in [0.1, 0.15) is 28.0 Å². The van der Waals surface area contributed by atoms with E-state index < -0.39 is 0 Å². The maximum atomic E-state index is 13.8. The maximum absolute atomic E-state index is 13.8. The van der Waals surface area contributed by atoms with Gasteiger partial charge in [0.05, 0.1) is 6.61 Å². The molecule has 4 aromatic rings. The number of benzene rings is 3. The summed E-state index contributed by atoms with van der Waals surface area (Å²) >= 11 is 0. The Morgan fingerprint density at radius 1 is 0.943 bits per heavy atom. The molecule has 4 rings (SSSR count). The van der Waals surface area contributed by atoms with Gasteiger partial charge in [-0.15, -0.1) is 0 Å². The lowest BCUT2D eigenvalue weighted by Crippen LogP contribution is -2.29. The summed E-state index contributed by atoms with van der Waals surface area (Å²) in [5, 5.41) is 6.60. The zero-order valence-electron chi connectivity index (χ0n) is 19.6. The van der Waals surface area contributed by atoms with Crippen LogP contribution in [0.15, 0.2) is 78.9 Å². The normalized spacial score (nSPS) is 10.9. The molecule has 0 spiro atoms. The first-order valence-corrected chi connectivity index (χ1v) is 11.5. The van der Waals surface area contributed by atoms with E-state index in [0.717, 1.165) is 22.0 Å². The third-order valence-corrected chi connectivity index (χ3v) is 5.72. The number of aryl methyl sites for hydroxylation is 1. The van der Waals surface area contributed by atoms with Crippen LogP contribution in [0.4, 0.5) is 10.1 Å². The molecular weight excluding hydrogens is 445 g/mol. The Morgan fingerprint density at radius 2 is 1.74 bits per heavy atom. The molecule has 0 aliphatic carbocycles. The molecule has 2 amide bonds. The van der Waals surface area contributed by atoms with Gasteiger partial charge in [-0.2, -0.15) is 0 Å². The van der Waals surface area contributed by atoms with Crippen LogP contribution in [0.5, 0.6) is 0 Å². The van der Waals surface area contributed by atoms with E-state index in [-0.39, 0.29) is 17.6 Å². The quantitative estimate of drug-likeness (QED) is 0.326. The van der Waals surface area contributed by atoms with E-state index in [4.69, 9.17) is 4.74 Å². The van der Waals surface area contributed by atoms with Gasteiger partial charge in [0.15, 0.2) is 0 Å². The topological polar surface area (TPSA) is 72.4 Å². The average Bonchev–Trinajstić information content (AvgIpc) is 3.21. The van der Waals surface area contributed by atoms with E-state index in [1.807, 2.05) is 59.2 Å². The van der Waals surface area contributed by atoms with Gasteiger partial charge in [-0.25, -0.2) is 4.39 Å². The number of carbonyl (C=O) groups excluding carboxylic acids is 2. The summed E-state index contributed by atoms with van der Waals surface area (Å²) in [6, 6.07) is 23.5. The summed E-state index contributed by atoms with van der Waals surface area (Å²) in [5.41, 5.74) is 3.77. The highest BCUT2D eigenvalue weighted by Crippen LogP contribution is 2.25. The van der Waals surface area contributed by atoms with Gasteiger partial charge in [0.2, 0.25) is 5.91 Å². The summed E-state index contributed by atoms with van der Waals surface area (Å²) in [6.45, 7) is 1.10. The number of amides is 2. The fourth-order valence-corrected chi connectivity index (χ4v) is 4.01. The summed E-state index contributed by atoms with van der Waals surface area (Å²) in [4.78, 5) is 25.4. The number of aromatic nitrogens is 1. The molecule has 0 aliphatic heterocycles. The summed E-state index contributed by atoms with van der Waals surface area (Å²) in [5.74, 6) is -0.654. The van der Waals surface area contributed by atoms with Crippen molar-refractivity contribution in [1.82, 2.24) is 9.88 Å². The van der Waals surface area contributed by atoms with E-state index in [1.54, 1.807) is 19.2 Å². The Bertz CT molecular complexity index is 1320. The van der Waals surface area contributed by atoms with Gasteiger partial charge in [0.25, 0.3) is 5.91 Å². The van der Waals surface area contributed by atoms with Crippen LogP contribution in [-0.2, 0) is 22.5 Å². The molecule has 1 heterocycles. The van der Waals surface area contributed by atoms with Gasteiger partial charge in [-0.3, -0.25) is 9.59 Å². The molecule has 0 radical (unpaired) electrons. The first-order chi connectivity index (χ1) is 17.0. The predicted molar refractivity (Wildman–Crippen MR) is 135 cm³/mol. The van der Waals surface area contributed by atoms with Crippen LogP contribution in [-0.4, -0.2) is 36.6 Å². The Hall–Kier alpha value is -3.97. The smallest absolute Gasteiger partial charge is 0.268 e. The van der Waals surface area contributed by atoms with Crippen molar-refractivity contribution < 1.29 is 18.7 Å². The van der Waals surface area contributed by atoms with E-state index in [0.29, 0.717) is 43.9 Å². The lowest BCUT2D eigenvalue weighted by atomic mass is 10.1. The molecular formula is C28H28FN3O3. The lowest BCUT2D eigenvalue weighted by Gasteiger charge is -2.12. The largest absolute Gasteiger partial charge is 0.383 e. The van der Waals surface area contributed by atoms with E-state index in [1.165, 1.54) is 12.1 Å². The highest BCUT2D eigenvalue weighted by molar-refractivity contribution is 6.00. The van der Waals surface area contributed by atoms with Gasteiger partial charge in [-0.05, 0) is 53.9 Å². The van der Waals surface area contributed by atoms with Crippen molar-refractivity contribution in [2.24, 2.45) is 0 Å². The van der Waals surface area contributed by atoms with Gasteiger partial charge in [0, 0.05) is 43.2 Å². The van der Waals surface area contributed by atoms with Gasteiger partial charge in [-0.1, -0.05) is 42.5 Å². The molecule has 0 saturated heterocycles. The number of nitrogens with zero attached hydrogens (tertiary/aromatic N) is 1.